The number of piperidine rings is 1. The van der Waals surface area contributed by atoms with Crippen LogP contribution in [-0.2, 0) is 16.4 Å². The first kappa shape index (κ1) is 16.4. The van der Waals surface area contributed by atoms with Crippen molar-refractivity contribution >= 4 is 10.0 Å². The molecule has 118 valence electrons. The molecule has 1 aliphatic rings. The van der Waals surface area contributed by atoms with Gasteiger partial charge in [-0.3, -0.25) is 4.98 Å². The molecule has 5 nitrogen and oxygen atoms in total. The van der Waals surface area contributed by atoms with Crippen LogP contribution < -0.4 is 5.73 Å². The van der Waals surface area contributed by atoms with Crippen LogP contribution in [0.2, 0.25) is 0 Å². The monoisotopic (exact) mass is 311 g/mol. The Kier molecular flexibility index (Phi) is 5.72. The van der Waals surface area contributed by atoms with Gasteiger partial charge in [-0.15, -0.1) is 0 Å². The minimum Gasteiger partial charge on any atom is -0.329 e. The van der Waals surface area contributed by atoms with E-state index in [2.05, 4.69) is 11.9 Å². The molecule has 0 bridgehead atoms. The molecular weight excluding hydrogens is 286 g/mol. The molecule has 2 unspecified atom stereocenters. The second-order valence-electron chi connectivity index (χ2n) is 5.72. The molecule has 1 saturated heterocycles. The van der Waals surface area contributed by atoms with Crippen molar-refractivity contribution in [2.75, 3.05) is 18.8 Å². The Balaban J connectivity index is 2.01. The quantitative estimate of drug-likeness (QED) is 0.861. The van der Waals surface area contributed by atoms with Crippen LogP contribution in [0.1, 0.15) is 31.7 Å². The number of nitrogens with two attached hydrogens (primary N) is 1. The van der Waals surface area contributed by atoms with Gasteiger partial charge in [0.2, 0.25) is 10.0 Å². The normalized spacial score (nSPS) is 24.1. The molecule has 0 radical (unpaired) electrons. The second-order valence-corrected chi connectivity index (χ2v) is 7.76. The highest BCUT2D eigenvalue weighted by Crippen LogP contribution is 2.27. The third-order valence-electron chi connectivity index (χ3n) is 4.38. The average Bonchev–Trinajstić information content (AvgIpc) is 2.53. The number of hydrogen-bond acceptors (Lipinski definition) is 4. The summed E-state index contributed by atoms with van der Waals surface area (Å²) in [6, 6.07) is 3.68. The minimum absolute atomic E-state index is 0.0360. The van der Waals surface area contributed by atoms with Crippen molar-refractivity contribution in [2.24, 2.45) is 11.7 Å². The van der Waals surface area contributed by atoms with Crippen LogP contribution in [0.25, 0.3) is 0 Å². The molecule has 2 atom stereocenters. The van der Waals surface area contributed by atoms with Crippen molar-refractivity contribution in [1.29, 1.82) is 0 Å². The molecular formula is C15H25N3O2S. The first-order valence-corrected chi connectivity index (χ1v) is 9.26. The van der Waals surface area contributed by atoms with Gasteiger partial charge >= 0.3 is 0 Å². The number of sulfonamides is 1. The summed E-state index contributed by atoms with van der Waals surface area (Å²) in [4.78, 5) is 3.95. The van der Waals surface area contributed by atoms with Crippen LogP contribution in [0, 0.1) is 5.92 Å². The standard InChI is InChI=1S/C15H25N3O2S/c1-2-13-5-9-18(15(11-13)12-16)21(19,20)10-6-14-3-7-17-8-4-14/h3-4,7-8,13,15H,2,5-6,9-12,16H2,1H3. The van der Waals surface area contributed by atoms with Crippen molar-refractivity contribution in [3.8, 4) is 0 Å². The number of hydrogen-bond donors (Lipinski definition) is 1. The maximum absolute atomic E-state index is 12.6. The van der Waals surface area contributed by atoms with E-state index in [9.17, 15) is 8.42 Å². The van der Waals surface area contributed by atoms with Gasteiger partial charge < -0.3 is 5.73 Å². The van der Waals surface area contributed by atoms with E-state index in [4.69, 9.17) is 5.73 Å². The summed E-state index contributed by atoms with van der Waals surface area (Å²) in [6.45, 7) is 3.18. The molecule has 0 saturated carbocycles. The molecule has 2 rings (SSSR count). The van der Waals surface area contributed by atoms with Gasteiger partial charge in [-0.1, -0.05) is 13.3 Å². The van der Waals surface area contributed by atoms with Crippen molar-refractivity contribution in [2.45, 2.75) is 38.6 Å². The highest BCUT2D eigenvalue weighted by Gasteiger charge is 2.34. The van der Waals surface area contributed by atoms with E-state index in [1.807, 2.05) is 12.1 Å². The summed E-state index contributed by atoms with van der Waals surface area (Å²) < 4.78 is 26.8. The summed E-state index contributed by atoms with van der Waals surface area (Å²) in [5.74, 6) is 0.745. The summed E-state index contributed by atoms with van der Waals surface area (Å²) in [6.07, 6.45) is 6.84. The predicted molar refractivity (Wildman–Crippen MR) is 84.3 cm³/mol. The molecule has 1 aromatic heterocycles. The lowest BCUT2D eigenvalue weighted by molar-refractivity contribution is 0.198. The zero-order valence-electron chi connectivity index (χ0n) is 12.6. The fourth-order valence-electron chi connectivity index (χ4n) is 2.98. The minimum atomic E-state index is -3.24. The molecule has 0 amide bonds. The van der Waals surface area contributed by atoms with Gasteiger partial charge in [-0.05, 0) is 42.9 Å². The lowest BCUT2D eigenvalue weighted by Crippen LogP contribution is -2.50. The second kappa shape index (κ2) is 7.33. The van der Waals surface area contributed by atoms with Gasteiger partial charge in [-0.25, -0.2) is 8.42 Å². The zero-order valence-corrected chi connectivity index (χ0v) is 13.4. The molecule has 2 heterocycles. The number of aryl methyl sites for hydroxylation is 1. The Morgan fingerprint density at radius 3 is 2.71 bits per heavy atom. The van der Waals surface area contributed by atoms with E-state index in [0.717, 1.165) is 24.8 Å². The summed E-state index contributed by atoms with van der Waals surface area (Å²) in [5.41, 5.74) is 6.80. The molecule has 1 aliphatic heterocycles. The topological polar surface area (TPSA) is 76.3 Å². The summed E-state index contributed by atoms with van der Waals surface area (Å²) >= 11 is 0. The predicted octanol–water partition coefficient (Wildman–Crippen LogP) is 1.40. The lowest BCUT2D eigenvalue weighted by Gasteiger charge is -2.37. The van der Waals surface area contributed by atoms with Gasteiger partial charge in [0.25, 0.3) is 0 Å². The maximum Gasteiger partial charge on any atom is 0.214 e. The van der Waals surface area contributed by atoms with Crippen molar-refractivity contribution < 1.29 is 8.42 Å². The van der Waals surface area contributed by atoms with E-state index < -0.39 is 10.0 Å². The van der Waals surface area contributed by atoms with Crippen LogP contribution in [-0.4, -0.2) is 42.6 Å². The summed E-state index contributed by atoms with van der Waals surface area (Å²) in [7, 11) is -3.24. The Labute approximate surface area is 127 Å². The number of rotatable bonds is 6. The van der Waals surface area contributed by atoms with Crippen LogP contribution in [0.15, 0.2) is 24.5 Å². The summed E-state index contributed by atoms with van der Waals surface area (Å²) in [5, 5.41) is 0. The number of aromatic nitrogens is 1. The maximum atomic E-state index is 12.6. The fraction of sp³-hybridized carbons (Fsp3) is 0.667. The van der Waals surface area contributed by atoms with E-state index in [1.54, 1.807) is 16.7 Å². The Morgan fingerprint density at radius 1 is 1.38 bits per heavy atom. The Hall–Kier alpha value is -0.980. The number of nitrogens with zero attached hydrogens (tertiary/aromatic N) is 2. The van der Waals surface area contributed by atoms with Crippen molar-refractivity contribution in [1.82, 2.24) is 9.29 Å². The molecule has 0 aromatic carbocycles. The molecule has 2 N–H and O–H groups in total. The van der Waals surface area contributed by atoms with Gasteiger partial charge in [0, 0.05) is 31.5 Å². The highest BCUT2D eigenvalue weighted by atomic mass is 32.2. The van der Waals surface area contributed by atoms with Crippen molar-refractivity contribution in [3.05, 3.63) is 30.1 Å². The smallest absolute Gasteiger partial charge is 0.214 e. The first-order valence-electron chi connectivity index (χ1n) is 7.65. The van der Waals surface area contributed by atoms with Gasteiger partial charge in [0.05, 0.1) is 5.75 Å². The Bertz CT molecular complexity index is 533. The van der Waals surface area contributed by atoms with E-state index in [-0.39, 0.29) is 11.8 Å². The van der Waals surface area contributed by atoms with E-state index >= 15 is 0 Å². The van der Waals surface area contributed by atoms with Crippen LogP contribution in [0.5, 0.6) is 0 Å². The molecule has 21 heavy (non-hydrogen) atoms. The molecule has 1 fully saturated rings. The molecule has 0 spiro atoms. The van der Waals surface area contributed by atoms with Gasteiger partial charge in [0.15, 0.2) is 0 Å². The SMILES string of the molecule is CCC1CCN(S(=O)(=O)CCc2ccncc2)C(CN)C1. The molecule has 0 aliphatic carbocycles. The third-order valence-corrected chi connectivity index (χ3v) is 6.29. The van der Waals surface area contributed by atoms with Crippen LogP contribution >= 0.6 is 0 Å². The number of pyridine rings is 1. The van der Waals surface area contributed by atoms with E-state index in [0.29, 0.717) is 25.4 Å². The van der Waals surface area contributed by atoms with E-state index in [1.165, 1.54) is 0 Å². The Morgan fingerprint density at radius 2 is 2.10 bits per heavy atom. The molecule has 6 heteroatoms. The van der Waals surface area contributed by atoms with Gasteiger partial charge in [-0.2, -0.15) is 4.31 Å². The highest BCUT2D eigenvalue weighted by molar-refractivity contribution is 7.89. The first-order chi connectivity index (χ1) is 10.1. The van der Waals surface area contributed by atoms with Gasteiger partial charge in [0.1, 0.15) is 0 Å². The fourth-order valence-corrected chi connectivity index (χ4v) is 4.72. The largest absolute Gasteiger partial charge is 0.329 e. The lowest BCUT2D eigenvalue weighted by atomic mass is 9.90. The zero-order chi connectivity index (χ0) is 15.3. The average molecular weight is 311 g/mol. The van der Waals surface area contributed by atoms with Crippen molar-refractivity contribution in [3.63, 3.8) is 0 Å². The van der Waals surface area contributed by atoms with Crippen LogP contribution in [0.3, 0.4) is 0 Å². The van der Waals surface area contributed by atoms with Crippen LogP contribution in [0.4, 0.5) is 0 Å². The molecule has 1 aromatic rings. The third kappa shape index (κ3) is 4.25.